The number of anilines is 1. The first-order chi connectivity index (χ1) is 12.4. The first-order valence-electron chi connectivity index (χ1n) is 8.43. The molecule has 0 amide bonds. The molecule has 8 heteroatoms. The molecule has 2 aromatic heterocycles. The van der Waals surface area contributed by atoms with E-state index in [2.05, 4.69) is 10.1 Å². The number of hydrogen-bond donors (Lipinski definition) is 0. The molecule has 3 aromatic rings. The van der Waals surface area contributed by atoms with Gasteiger partial charge in [0.25, 0.3) is 10.0 Å². The molecule has 1 saturated carbocycles. The Morgan fingerprint density at radius 2 is 1.96 bits per heavy atom. The van der Waals surface area contributed by atoms with Crippen LogP contribution in [0, 0.1) is 6.92 Å². The van der Waals surface area contributed by atoms with Gasteiger partial charge in [-0.15, -0.1) is 11.3 Å². The molecule has 0 aliphatic heterocycles. The zero-order valence-electron chi connectivity index (χ0n) is 14.5. The number of hydrogen-bond acceptors (Lipinski definition) is 6. The van der Waals surface area contributed by atoms with Crippen LogP contribution < -0.4 is 4.31 Å². The third kappa shape index (κ3) is 3.03. The lowest BCUT2D eigenvalue weighted by Gasteiger charge is -2.20. The minimum Gasteiger partial charge on any atom is -0.339 e. The van der Waals surface area contributed by atoms with Crippen LogP contribution >= 0.6 is 11.3 Å². The molecule has 0 saturated heterocycles. The summed E-state index contributed by atoms with van der Waals surface area (Å²) in [6.07, 6.45) is 3.34. The van der Waals surface area contributed by atoms with Crippen LogP contribution in [0.4, 0.5) is 5.69 Å². The van der Waals surface area contributed by atoms with Crippen molar-refractivity contribution in [1.29, 1.82) is 0 Å². The first-order valence-corrected chi connectivity index (χ1v) is 10.8. The van der Waals surface area contributed by atoms with E-state index in [0.29, 0.717) is 28.9 Å². The molecule has 1 aliphatic carbocycles. The highest BCUT2D eigenvalue weighted by atomic mass is 32.2. The predicted molar refractivity (Wildman–Crippen MR) is 101 cm³/mol. The van der Waals surface area contributed by atoms with Gasteiger partial charge < -0.3 is 4.52 Å². The lowest BCUT2D eigenvalue weighted by Crippen LogP contribution is -2.25. The molecule has 136 valence electrons. The number of aromatic nitrogens is 2. The van der Waals surface area contributed by atoms with Gasteiger partial charge in [-0.2, -0.15) is 4.98 Å². The van der Waals surface area contributed by atoms with Crippen LogP contribution in [0.3, 0.4) is 0 Å². The molecule has 26 heavy (non-hydrogen) atoms. The van der Waals surface area contributed by atoms with Crippen molar-refractivity contribution in [3.8, 4) is 11.4 Å². The number of sulfonamides is 1. The van der Waals surface area contributed by atoms with Gasteiger partial charge in [0.15, 0.2) is 0 Å². The molecule has 2 heterocycles. The van der Waals surface area contributed by atoms with Gasteiger partial charge in [0.05, 0.1) is 5.69 Å². The second kappa shape index (κ2) is 6.51. The van der Waals surface area contributed by atoms with Gasteiger partial charge in [-0.05, 0) is 38.0 Å². The molecule has 1 aromatic carbocycles. The van der Waals surface area contributed by atoms with Gasteiger partial charge >= 0.3 is 0 Å². The summed E-state index contributed by atoms with van der Waals surface area (Å²) in [5, 5.41) is 5.76. The topological polar surface area (TPSA) is 76.3 Å². The highest BCUT2D eigenvalue weighted by Gasteiger charge is 2.27. The third-order valence-corrected chi connectivity index (χ3v) is 7.94. The van der Waals surface area contributed by atoms with Crippen molar-refractivity contribution in [2.45, 2.75) is 36.3 Å². The molecule has 4 rings (SSSR count). The van der Waals surface area contributed by atoms with Crippen molar-refractivity contribution < 1.29 is 12.9 Å². The molecule has 1 fully saturated rings. The fourth-order valence-electron chi connectivity index (χ4n) is 2.77. The summed E-state index contributed by atoms with van der Waals surface area (Å²) >= 11 is 1.16. The SMILES string of the molecule is Cc1ccc(N(C)S(=O)(=O)c2cc(-c3noc(C4CCC4)n3)cs2)cc1. The zero-order valence-corrected chi connectivity index (χ0v) is 16.2. The second-order valence-corrected chi connectivity index (χ2v) is 9.65. The summed E-state index contributed by atoms with van der Waals surface area (Å²) in [7, 11) is -2.07. The summed E-state index contributed by atoms with van der Waals surface area (Å²) in [6, 6.07) is 8.99. The second-order valence-electron chi connectivity index (χ2n) is 6.55. The Bertz CT molecular complexity index is 1020. The molecule has 1 aliphatic rings. The van der Waals surface area contributed by atoms with Crippen molar-refractivity contribution in [2.24, 2.45) is 0 Å². The van der Waals surface area contributed by atoms with E-state index in [1.165, 1.54) is 10.7 Å². The van der Waals surface area contributed by atoms with Crippen LogP contribution in [-0.4, -0.2) is 25.6 Å². The molecule has 0 unspecified atom stereocenters. The maximum Gasteiger partial charge on any atom is 0.273 e. The molecule has 6 nitrogen and oxygen atoms in total. The molecule has 0 atom stereocenters. The van der Waals surface area contributed by atoms with E-state index in [1.807, 2.05) is 19.1 Å². The van der Waals surface area contributed by atoms with E-state index in [1.54, 1.807) is 30.6 Å². The normalized spacial score (nSPS) is 15.0. The fraction of sp³-hybridized carbons (Fsp3) is 0.333. The van der Waals surface area contributed by atoms with Crippen LogP contribution in [0.5, 0.6) is 0 Å². The molecule has 0 bridgehead atoms. The quantitative estimate of drug-likeness (QED) is 0.654. The highest BCUT2D eigenvalue weighted by molar-refractivity contribution is 7.94. The predicted octanol–water partition coefficient (Wildman–Crippen LogP) is 4.20. The van der Waals surface area contributed by atoms with Crippen LogP contribution in [-0.2, 0) is 10.0 Å². The first kappa shape index (κ1) is 17.2. The standard InChI is InChI=1S/C18H19N3O3S2/c1-12-6-8-15(9-7-12)21(2)26(22,23)16-10-14(11-25-16)17-19-18(24-20-17)13-4-3-5-13/h6-11,13H,3-5H2,1-2H3. The summed E-state index contributed by atoms with van der Waals surface area (Å²) < 4.78 is 32.7. The molecule has 0 spiro atoms. The Balaban J connectivity index is 1.59. The summed E-state index contributed by atoms with van der Waals surface area (Å²) in [4.78, 5) is 4.43. The molecular weight excluding hydrogens is 370 g/mol. The Morgan fingerprint density at radius 3 is 2.62 bits per heavy atom. The van der Waals surface area contributed by atoms with E-state index in [4.69, 9.17) is 4.52 Å². The lowest BCUT2D eigenvalue weighted by molar-refractivity contribution is 0.292. The molecule has 0 radical (unpaired) electrons. The van der Waals surface area contributed by atoms with Crippen LogP contribution in [0.25, 0.3) is 11.4 Å². The van der Waals surface area contributed by atoms with E-state index in [9.17, 15) is 8.42 Å². The minimum absolute atomic E-state index is 0.255. The average Bonchev–Trinajstić information content (AvgIpc) is 3.22. The fourth-order valence-corrected chi connectivity index (χ4v) is 5.29. The van der Waals surface area contributed by atoms with Gasteiger partial charge in [-0.3, -0.25) is 4.31 Å². The average molecular weight is 390 g/mol. The molecule has 0 N–H and O–H groups in total. The summed E-state index contributed by atoms with van der Waals surface area (Å²) in [6.45, 7) is 1.96. The van der Waals surface area contributed by atoms with Crippen LogP contribution in [0.15, 0.2) is 44.4 Å². The van der Waals surface area contributed by atoms with Gasteiger partial charge in [0.1, 0.15) is 4.21 Å². The maximum absolute atomic E-state index is 12.9. The number of rotatable bonds is 5. The lowest BCUT2D eigenvalue weighted by atomic mass is 9.85. The van der Waals surface area contributed by atoms with Gasteiger partial charge in [0, 0.05) is 23.9 Å². The van der Waals surface area contributed by atoms with E-state index in [0.717, 1.165) is 29.7 Å². The minimum atomic E-state index is -3.63. The van der Waals surface area contributed by atoms with E-state index >= 15 is 0 Å². The smallest absolute Gasteiger partial charge is 0.273 e. The third-order valence-electron chi connectivity index (χ3n) is 4.74. The van der Waals surface area contributed by atoms with Crippen molar-refractivity contribution >= 4 is 27.0 Å². The number of nitrogens with zero attached hydrogens (tertiary/aromatic N) is 3. The number of thiophene rings is 1. The number of benzene rings is 1. The van der Waals surface area contributed by atoms with Crippen molar-refractivity contribution in [2.75, 3.05) is 11.4 Å². The summed E-state index contributed by atoms with van der Waals surface area (Å²) in [5.74, 6) is 1.45. The van der Waals surface area contributed by atoms with E-state index in [-0.39, 0.29) is 4.21 Å². The van der Waals surface area contributed by atoms with E-state index < -0.39 is 10.0 Å². The Kier molecular flexibility index (Phi) is 4.32. The van der Waals surface area contributed by atoms with Gasteiger partial charge in [-0.1, -0.05) is 29.3 Å². The van der Waals surface area contributed by atoms with Crippen molar-refractivity contribution in [3.63, 3.8) is 0 Å². The Labute approximate surface area is 156 Å². The van der Waals surface area contributed by atoms with Crippen molar-refractivity contribution in [1.82, 2.24) is 10.1 Å². The van der Waals surface area contributed by atoms with Crippen LogP contribution in [0.1, 0.15) is 36.6 Å². The highest BCUT2D eigenvalue weighted by Crippen LogP contribution is 2.37. The Morgan fingerprint density at radius 1 is 1.23 bits per heavy atom. The van der Waals surface area contributed by atoms with Crippen molar-refractivity contribution in [3.05, 3.63) is 47.2 Å². The Hall–Kier alpha value is -2.19. The molecular formula is C18H19N3O3S2. The van der Waals surface area contributed by atoms with Gasteiger partial charge in [0.2, 0.25) is 11.7 Å². The van der Waals surface area contributed by atoms with Crippen LogP contribution in [0.2, 0.25) is 0 Å². The maximum atomic E-state index is 12.9. The number of aryl methyl sites for hydroxylation is 1. The summed E-state index contributed by atoms with van der Waals surface area (Å²) in [5.41, 5.74) is 2.37. The monoisotopic (exact) mass is 389 g/mol. The van der Waals surface area contributed by atoms with Gasteiger partial charge in [-0.25, -0.2) is 8.42 Å². The largest absolute Gasteiger partial charge is 0.339 e. The zero-order chi connectivity index (χ0) is 18.3.